The summed E-state index contributed by atoms with van der Waals surface area (Å²) in [7, 11) is 1.64. The highest BCUT2D eigenvalue weighted by atomic mass is 127. The summed E-state index contributed by atoms with van der Waals surface area (Å²) in [5.74, 6) is 1.88. The molecule has 2 aromatic carbocycles. The monoisotopic (exact) mass is 481 g/mol. The first-order valence-electron chi connectivity index (χ1n) is 9.18. The zero-order valence-electron chi connectivity index (χ0n) is 16.0. The highest BCUT2D eigenvalue weighted by Crippen LogP contribution is 2.29. The molecule has 146 valence electrons. The molecule has 0 saturated carbocycles. The van der Waals surface area contributed by atoms with Gasteiger partial charge in [0.25, 0.3) is 0 Å². The molecule has 0 atom stereocenters. The Morgan fingerprint density at radius 1 is 1.15 bits per heavy atom. The topological polar surface area (TPSA) is 68.9 Å². The van der Waals surface area contributed by atoms with Crippen LogP contribution in [0.5, 0.6) is 11.5 Å². The third-order valence-electron chi connectivity index (χ3n) is 4.62. The third-order valence-corrected chi connectivity index (χ3v) is 4.62. The Hall–Kier alpha value is -1.96. The number of anilines is 1. The van der Waals surface area contributed by atoms with Gasteiger partial charge in [0, 0.05) is 5.69 Å². The standard InChI is InChI=1S/C21H27N3O2.HI/c1-3-26-19-12-11-15(13-20(19)25-2)14-23-21(22)24-18-10-6-8-16-7-4-5-9-17(16)18;/h6,8,10-13H,3-5,7,9,14H2,1-2H3,(H3,22,23,24);1H. The molecule has 27 heavy (non-hydrogen) atoms. The minimum Gasteiger partial charge on any atom is -0.493 e. The number of nitrogens with zero attached hydrogens (tertiary/aromatic N) is 1. The Balaban J connectivity index is 0.00000261. The van der Waals surface area contributed by atoms with Gasteiger partial charge in [-0.1, -0.05) is 18.2 Å². The van der Waals surface area contributed by atoms with Crippen molar-refractivity contribution in [2.75, 3.05) is 19.0 Å². The van der Waals surface area contributed by atoms with Crippen LogP contribution in [-0.2, 0) is 19.4 Å². The molecule has 0 radical (unpaired) electrons. The van der Waals surface area contributed by atoms with Gasteiger partial charge in [0.05, 0.1) is 20.3 Å². The molecule has 0 bridgehead atoms. The van der Waals surface area contributed by atoms with Crippen molar-refractivity contribution in [3.63, 3.8) is 0 Å². The van der Waals surface area contributed by atoms with Gasteiger partial charge in [-0.3, -0.25) is 0 Å². The van der Waals surface area contributed by atoms with E-state index in [9.17, 15) is 0 Å². The molecule has 5 nitrogen and oxygen atoms in total. The number of aryl methyl sites for hydroxylation is 1. The Labute approximate surface area is 178 Å². The fourth-order valence-corrected chi connectivity index (χ4v) is 3.34. The molecule has 2 aromatic rings. The molecule has 0 aromatic heterocycles. The lowest BCUT2D eigenvalue weighted by Crippen LogP contribution is -2.24. The van der Waals surface area contributed by atoms with Gasteiger partial charge < -0.3 is 20.5 Å². The second-order valence-corrected chi connectivity index (χ2v) is 6.40. The maximum absolute atomic E-state index is 6.12. The van der Waals surface area contributed by atoms with E-state index in [0.29, 0.717) is 24.9 Å². The molecule has 1 aliphatic rings. The molecule has 3 rings (SSSR count). The highest BCUT2D eigenvalue weighted by Gasteiger charge is 2.13. The molecular formula is C21H28IN3O2. The van der Waals surface area contributed by atoms with Crippen molar-refractivity contribution in [2.45, 2.75) is 39.2 Å². The van der Waals surface area contributed by atoms with Crippen molar-refractivity contribution in [1.82, 2.24) is 0 Å². The van der Waals surface area contributed by atoms with Crippen LogP contribution in [0.1, 0.15) is 36.5 Å². The van der Waals surface area contributed by atoms with Crippen molar-refractivity contribution in [2.24, 2.45) is 10.7 Å². The average molecular weight is 481 g/mol. The number of guanidine groups is 1. The molecule has 0 spiro atoms. The van der Waals surface area contributed by atoms with E-state index in [2.05, 4.69) is 28.5 Å². The van der Waals surface area contributed by atoms with E-state index in [4.69, 9.17) is 15.2 Å². The van der Waals surface area contributed by atoms with Crippen molar-refractivity contribution in [3.05, 3.63) is 53.1 Å². The van der Waals surface area contributed by atoms with Crippen molar-refractivity contribution < 1.29 is 9.47 Å². The molecule has 6 heteroatoms. The fourth-order valence-electron chi connectivity index (χ4n) is 3.34. The van der Waals surface area contributed by atoms with Crippen LogP contribution in [0.3, 0.4) is 0 Å². The Morgan fingerprint density at radius 3 is 2.74 bits per heavy atom. The molecular weight excluding hydrogens is 453 g/mol. The number of hydrogen-bond donors (Lipinski definition) is 2. The Bertz CT molecular complexity index is 793. The minimum atomic E-state index is 0. The minimum absolute atomic E-state index is 0. The van der Waals surface area contributed by atoms with E-state index in [1.54, 1.807) is 7.11 Å². The predicted molar refractivity (Wildman–Crippen MR) is 122 cm³/mol. The SMILES string of the molecule is CCOc1ccc(CN=C(N)Nc2cccc3c2CCCC3)cc1OC.I. The fraction of sp³-hybridized carbons (Fsp3) is 0.381. The summed E-state index contributed by atoms with van der Waals surface area (Å²) in [5.41, 5.74) is 11.0. The van der Waals surface area contributed by atoms with Crippen molar-refractivity contribution in [1.29, 1.82) is 0 Å². The summed E-state index contributed by atoms with van der Waals surface area (Å²) < 4.78 is 10.9. The van der Waals surface area contributed by atoms with Gasteiger partial charge in [0.1, 0.15) is 0 Å². The lowest BCUT2D eigenvalue weighted by Gasteiger charge is -2.19. The van der Waals surface area contributed by atoms with Crippen LogP contribution in [0.25, 0.3) is 0 Å². The summed E-state index contributed by atoms with van der Waals surface area (Å²) in [4.78, 5) is 4.48. The van der Waals surface area contributed by atoms with Crippen molar-refractivity contribution in [3.8, 4) is 11.5 Å². The van der Waals surface area contributed by atoms with Crippen LogP contribution in [0.4, 0.5) is 5.69 Å². The number of ether oxygens (including phenoxy) is 2. The lowest BCUT2D eigenvalue weighted by atomic mass is 9.90. The number of aliphatic imine (C=N–C) groups is 1. The second-order valence-electron chi connectivity index (χ2n) is 6.40. The van der Waals surface area contributed by atoms with E-state index >= 15 is 0 Å². The number of nitrogens with two attached hydrogens (primary N) is 1. The lowest BCUT2D eigenvalue weighted by molar-refractivity contribution is 0.310. The molecule has 0 heterocycles. The number of benzene rings is 2. The van der Waals surface area contributed by atoms with E-state index in [1.807, 2.05) is 25.1 Å². The van der Waals surface area contributed by atoms with Crippen LogP contribution in [0.15, 0.2) is 41.4 Å². The maximum atomic E-state index is 6.12. The largest absolute Gasteiger partial charge is 0.493 e. The van der Waals surface area contributed by atoms with Gasteiger partial charge in [0.15, 0.2) is 17.5 Å². The van der Waals surface area contributed by atoms with E-state index in [0.717, 1.165) is 29.8 Å². The summed E-state index contributed by atoms with van der Waals surface area (Å²) in [5, 5.41) is 3.27. The molecule has 1 aliphatic carbocycles. The number of methoxy groups -OCH3 is 1. The normalized spacial score (nSPS) is 13.3. The molecule has 0 amide bonds. The summed E-state index contributed by atoms with van der Waals surface area (Å²) in [6.45, 7) is 3.04. The molecule has 0 aliphatic heterocycles. The Kier molecular flexibility index (Phi) is 8.22. The maximum Gasteiger partial charge on any atom is 0.193 e. The summed E-state index contributed by atoms with van der Waals surface area (Å²) in [6, 6.07) is 12.2. The van der Waals surface area contributed by atoms with Gasteiger partial charge in [0.2, 0.25) is 0 Å². The van der Waals surface area contributed by atoms with Crippen LogP contribution in [0, 0.1) is 0 Å². The number of rotatable bonds is 6. The first-order valence-corrected chi connectivity index (χ1v) is 9.18. The van der Waals surface area contributed by atoms with Gasteiger partial charge >= 0.3 is 0 Å². The van der Waals surface area contributed by atoms with E-state index in [1.165, 1.54) is 24.0 Å². The second kappa shape index (κ2) is 10.4. The number of nitrogens with one attached hydrogen (secondary N) is 1. The number of fused-ring (bicyclic) bond motifs is 1. The van der Waals surface area contributed by atoms with Crippen LogP contribution in [-0.4, -0.2) is 19.7 Å². The van der Waals surface area contributed by atoms with Gasteiger partial charge in [-0.2, -0.15) is 0 Å². The van der Waals surface area contributed by atoms with E-state index < -0.39 is 0 Å². The van der Waals surface area contributed by atoms with Gasteiger partial charge in [-0.15, -0.1) is 24.0 Å². The third kappa shape index (κ3) is 5.51. The van der Waals surface area contributed by atoms with Crippen LogP contribution < -0.4 is 20.5 Å². The van der Waals surface area contributed by atoms with Crippen LogP contribution in [0.2, 0.25) is 0 Å². The number of halogens is 1. The summed E-state index contributed by atoms with van der Waals surface area (Å²) in [6.07, 6.45) is 4.74. The first kappa shape index (κ1) is 21.3. The zero-order valence-corrected chi connectivity index (χ0v) is 18.3. The quantitative estimate of drug-likeness (QED) is 0.362. The smallest absolute Gasteiger partial charge is 0.193 e. The first-order chi connectivity index (χ1) is 12.7. The predicted octanol–water partition coefficient (Wildman–Crippen LogP) is 4.52. The summed E-state index contributed by atoms with van der Waals surface area (Å²) >= 11 is 0. The number of hydrogen-bond acceptors (Lipinski definition) is 3. The molecule has 0 saturated heterocycles. The van der Waals surface area contributed by atoms with E-state index in [-0.39, 0.29) is 24.0 Å². The Morgan fingerprint density at radius 2 is 1.96 bits per heavy atom. The molecule has 0 unspecified atom stereocenters. The van der Waals surface area contributed by atoms with Gasteiger partial charge in [-0.05, 0) is 67.5 Å². The highest BCUT2D eigenvalue weighted by molar-refractivity contribution is 14.0. The van der Waals surface area contributed by atoms with Crippen molar-refractivity contribution >= 4 is 35.6 Å². The zero-order chi connectivity index (χ0) is 18.4. The molecule has 3 N–H and O–H groups in total. The van der Waals surface area contributed by atoms with Gasteiger partial charge in [-0.25, -0.2) is 4.99 Å². The van der Waals surface area contributed by atoms with Crippen LogP contribution >= 0.6 is 24.0 Å². The average Bonchev–Trinajstić information content (AvgIpc) is 2.67. The molecule has 0 fully saturated rings.